The zero-order valence-corrected chi connectivity index (χ0v) is 11.9. The quantitative estimate of drug-likeness (QED) is 0.652. The van der Waals surface area contributed by atoms with Crippen LogP contribution in [0.3, 0.4) is 0 Å². The van der Waals surface area contributed by atoms with Gasteiger partial charge in [0, 0.05) is 23.2 Å². The molecule has 0 heterocycles. The molecular weight excluding hydrogens is 264 g/mol. The Bertz CT molecular complexity index is 673. The van der Waals surface area contributed by atoms with Gasteiger partial charge in [0.15, 0.2) is 5.78 Å². The summed E-state index contributed by atoms with van der Waals surface area (Å²) in [6.45, 7) is 1.91. The molecule has 1 amide bonds. The van der Waals surface area contributed by atoms with Gasteiger partial charge in [-0.2, -0.15) is 0 Å². The van der Waals surface area contributed by atoms with Crippen molar-refractivity contribution in [3.63, 3.8) is 0 Å². The predicted octanol–water partition coefficient (Wildman–Crippen LogP) is 2.49. The van der Waals surface area contributed by atoms with Gasteiger partial charge in [-0.25, -0.2) is 0 Å². The topological polar surface area (TPSA) is 86.2 Å². The lowest BCUT2D eigenvalue weighted by Crippen LogP contribution is -2.11. The molecule has 0 aliphatic carbocycles. The van der Waals surface area contributed by atoms with Gasteiger partial charge in [-0.05, 0) is 54.8 Å². The second kappa shape index (κ2) is 6.22. The summed E-state index contributed by atoms with van der Waals surface area (Å²) in [5, 5.41) is 0. The van der Waals surface area contributed by atoms with Crippen molar-refractivity contribution in [3.8, 4) is 0 Å². The number of ketones is 1. The zero-order valence-electron chi connectivity index (χ0n) is 11.9. The van der Waals surface area contributed by atoms with E-state index in [0.717, 1.165) is 11.1 Å². The van der Waals surface area contributed by atoms with Gasteiger partial charge >= 0.3 is 0 Å². The number of hydrogen-bond acceptors (Lipinski definition) is 3. The number of Topliss-reactive ketones (excluding diaryl/α,β-unsaturated/α-hetero) is 1. The minimum Gasteiger partial charge on any atom is -0.399 e. The second-order valence-corrected chi connectivity index (χ2v) is 5.12. The number of amides is 1. The average molecular weight is 282 g/mol. The highest BCUT2D eigenvalue weighted by Crippen LogP contribution is 2.15. The molecule has 0 unspecified atom stereocenters. The van der Waals surface area contributed by atoms with E-state index in [-0.39, 0.29) is 5.78 Å². The Morgan fingerprint density at radius 3 is 2.48 bits per heavy atom. The first-order valence-electron chi connectivity index (χ1n) is 6.75. The molecule has 2 aromatic rings. The standard InChI is InChI=1S/C17H18N2O2/c1-11-7-14(10-15(18)8-11)16(20)6-5-12-3-2-4-13(9-12)17(19)21/h2-4,7-10H,5-6,18H2,1H3,(H2,19,21). The first-order valence-corrected chi connectivity index (χ1v) is 6.75. The van der Waals surface area contributed by atoms with Crippen molar-refractivity contribution in [3.05, 3.63) is 64.7 Å². The van der Waals surface area contributed by atoms with Crippen LogP contribution in [0.1, 0.15) is 38.3 Å². The molecule has 21 heavy (non-hydrogen) atoms. The van der Waals surface area contributed by atoms with Crippen LogP contribution in [0.25, 0.3) is 0 Å². The molecular formula is C17H18N2O2. The second-order valence-electron chi connectivity index (χ2n) is 5.12. The molecule has 0 aromatic heterocycles. The third kappa shape index (κ3) is 3.92. The lowest BCUT2D eigenvalue weighted by atomic mass is 10.00. The molecule has 108 valence electrons. The van der Waals surface area contributed by atoms with Crippen LogP contribution >= 0.6 is 0 Å². The first-order chi connectivity index (χ1) is 9.95. The van der Waals surface area contributed by atoms with Crippen LogP contribution in [-0.4, -0.2) is 11.7 Å². The molecule has 4 N–H and O–H groups in total. The molecule has 0 fully saturated rings. The molecule has 4 nitrogen and oxygen atoms in total. The van der Waals surface area contributed by atoms with E-state index in [4.69, 9.17) is 11.5 Å². The van der Waals surface area contributed by atoms with Gasteiger partial charge < -0.3 is 11.5 Å². The van der Waals surface area contributed by atoms with Crippen LogP contribution in [0, 0.1) is 6.92 Å². The highest BCUT2D eigenvalue weighted by atomic mass is 16.1. The molecule has 2 aromatic carbocycles. The van der Waals surface area contributed by atoms with E-state index in [2.05, 4.69) is 0 Å². The summed E-state index contributed by atoms with van der Waals surface area (Å²) in [5.74, 6) is -0.426. The molecule has 0 saturated carbocycles. The first kappa shape index (κ1) is 14.8. The van der Waals surface area contributed by atoms with Crippen molar-refractivity contribution < 1.29 is 9.59 Å². The van der Waals surface area contributed by atoms with Gasteiger partial charge in [0.1, 0.15) is 0 Å². The Morgan fingerprint density at radius 1 is 1.05 bits per heavy atom. The Labute approximate surface area is 123 Å². The maximum atomic E-state index is 12.2. The van der Waals surface area contributed by atoms with Crippen molar-refractivity contribution in [2.24, 2.45) is 5.73 Å². The van der Waals surface area contributed by atoms with Crippen LogP contribution in [0.2, 0.25) is 0 Å². The zero-order chi connectivity index (χ0) is 15.4. The molecule has 0 aliphatic heterocycles. The lowest BCUT2D eigenvalue weighted by Gasteiger charge is -2.05. The largest absolute Gasteiger partial charge is 0.399 e. The third-order valence-electron chi connectivity index (χ3n) is 3.27. The fourth-order valence-electron chi connectivity index (χ4n) is 2.26. The summed E-state index contributed by atoms with van der Waals surface area (Å²) in [6.07, 6.45) is 0.929. The van der Waals surface area contributed by atoms with E-state index in [9.17, 15) is 9.59 Å². The Morgan fingerprint density at radius 2 is 1.81 bits per heavy atom. The van der Waals surface area contributed by atoms with Crippen molar-refractivity contribution in [2.45, 2.75) is 19.8 Å². The molecule has 0 saturated heterocycles. The SMILES string of the molecule is Cc1cc(N)cc(C(=O)CCc2cccc(C(N)=O)c2)c1. The highest BCUT2D eigenvalue weighted by Gasteiger charge is 2.08. The fraction of sp³-hybridized carbons (Fsp3) is 0.176. The van der Waals surface area contributed by atoms with E-state index in [1.807, 2.05) is 25.1 Å². The molecule has 0 spiro atoms. The average Bonchev–Trinajstić information content (AvgIpc) is 2.44. The number of benzene rings is 2. The van der Waals surface area contributed by atoms with E-state index < -0.39 is 5.91 Å². The van der Waals surface area contributed by atoms with Crippen LogP contribution in [0.15, 0.2) is 42.5 Å². The minimum absolute atomic E-state index is 0.0369. The van der Waals surface area contributed by atoms with Gasteiger partial charge in [-0.15, -0.1) is 0 Å². The van der Waals surface area contributed by atoms with Gasteiger partial charge in [0.05, 0.1) is 0 Å². The summed E-state index contributed by atoms with van der Waals surface area (Å²) in [4.78, 5) is 23.3. The Kier molecular flexibility index (Phi) is 4.38. The van der Waals surface area contributed by atoms with Crippen molar-refractivity contribution in [2.75, 3.05) is 5.73 Å². The molecule has 0 radical (unpaired) electrons. The van der Waals surface area contributed by atoms with E-state index in [0.29, 0.717) is 29.7 Å². The van der Waals surface area contributed by atoms with E-state index >= 15 is 0 Å². The van der Waals surface area contributed by atoms with Crippen molar-refractivity contribution >= 4 is 17.4 Å². The van der Waals surface area contributed by atoms with Crippen LogP contribution in [0.5, 0.6) is 0 Å². The predicted molar refractivity (Wildman–Crippen MR) is 83.2 cm³/mol. The normalized spacial score (nSPS) is 10.3. The van der Waals surface area contributed by atoms with Gasteiger partial charge in [0.2, 0.25) is 5.91 Å². The number of carbonyl (C=O) groups excluding carboxylic acids is 2. The van der Waals surface area contributed by atoms with Crippen molar-refractivity contribution in [1.29, 1.82) is 0 Å². The highest BCUT2D eigenvalue weighted by molar-refractivity contribution is 5.97. The third-order valence-corrected chi connectivity index (χ3v) is 3.27. The van der Waals surface area contributed by atoms with E-state index in [1.54, 1.807) is 24.3 Å². The van der Waals surface area contributed by atoms with Crippen LogP contribution in [-0.2, 0) is 6.42 Å². The number of nitrogens with two attached hydrogens (primary N) is 2. The Hall–Kier alpha value is -2.62. The monoisotopic (exact) mass is 282 g/mol. The summed E-state index contributed by atoms with van der Waals surface area (Å²) >= 11 is 0. The fourth-order valence-corrected chi connectivity index (χ4v) is 2.26. The minimum atomic E-state index is -0.463. The number of nitrogen functional groups attached to an aromatic ring is 1. The number of anilines is 1. The lowest BCUT2D eigenvalue weighted by molar-refractivity contribution is 0.0980. The Balaban J connectivity index is 2.07. The molecule has 0 atom stereocenters. The summed E-state index contributed by atoms with van der Waals surface area (Å²) in [6, 6.07) is 12.4. The maximum absolute atomic E-state index is 12.2. The summed E-state index contributed by atoms with van der Waals surface area (Å²) < 4.78 is 0. The van der Waals surface area contributed by atoms with Crippen LogP contribution in [0.4, 0.5) is 5.69 Å². The molecule has 2 rings (SSSR count). The number of hydrogen-bond donors (Lipinski definition) is 2. The number of aryl methyl sites for hydroxylation is 2. The maximum Gasteiger partial charge on any atom is 0.248 e. The van der Waals surface area contributed by atoms with Crippen LogP contribution < -0.4 is 11.5 Å². The van der Waals surface area contributed by atoms with Gasteiger partial charge in [-0.1, -0.05) is 12.1 Å². The smallest absolute Gasteiger partial charge is 0.248 e. The van der Waals surface area contributed by atoms with Gasteiger partial charge in [0.25, 0.3) is 0 Å². The summed E-state index contributed by atoms with van der Waals surface area (Å²) in [5.41, 5.74) is 14.6. The molecule has 0 bridgehead atoms. The summed E-state index contributed by atoms with van der Waals surface area (Å²) in [7, 11) is 0. The number of rotatable bonds is 5. The van der Waals surface area contributed by atoms with Gasteiger partial charge in [-0.3, -0.25) is 9.59 Å². The molecule has 4 heteroatoms. The van der Waals surface area contributed by atoms with Crippen molar-refractivity contribution in [1.82, 2.24) is 0 Å². The number of primary amides is 1. The molecule has 0 aliphatic rings. The number of carbonyl (C=O) groups is 2. The van der Waals surface area contributed by atoms with E-state index in [1.165, 1.54) is 0 Å².